The number of anilines is 1. The molecule has 7 heteroatoms. The Bertz CT molecular complexity index is 505. The molecule has 1 unspecified atom stereocenters. The summed E-state index contributed by atoms with van der Waals surface area (Å²) in [5, 5.41) is 13.6. The highest BCUT2D eigenvalue weighted by Crippen LogP contribution is 2.29. The van der Waals surface area contributed by atoms with E-state index in [-0.39, 0.29) is 11.7 Å². The summed E-state index contributed by atoms with van der Waals surface area (Å²) in [5.41, 5.74) is -0.821. The Hall–Kier alpha value is -1.76. The monoisotopic (exact) mass is 285 g/mol. The summed E-state index contributed by atoms with van der Waals surface area (Å²) < 4.78 is 26.6. The molecule has 1 aliphatic rings. The predicted octanol–water partition coefficient (Wildman–Crippen LogP) is 2.77. The average molecular weight is 285 g/mol. The summed E-state index contributed by atoms with van der Waals surface area (Å²) in [6, 6.07) is 1.63. The fourth-order valence-electron chi connectivity index (χ4n) is 2.46. The topological polar surface area (TPSA) is 58.4 Å². The summed E-state index contributed by atoms with van der Waals surface area (Å²) in [6.07, 6.45) is 2.28. The van der Waals surface area contributed by atoms with Crippen molar-refractivity contribution in [2.45, 2.75) is 25.8 Å². The van der Waals surface area contributed by atoms with Gasteiger partial charge in [0.25, 0.3) is 0 Å². The van der Waals surface area contributed by atoms with Crippen molar-refractivity contribution >= 4 is 11.4 Å². The number of halogens is 2. The first kappa shape index (κ1) is 14.6. The lowest BCUT2D eigenvalue weighted by molar-refractivity contribution is -0.386. The van der Waals surface area contributed by atoms with Crippen LogP contribution in [0.5, 0.6) is 0 Å². The van der Waals surface area contributed by atoms with E-state index in [0.29, 0.717) is 12.6 Å². The van der Waals surface area contributed by atoms with Crippen LogP contribution in [0.3, 0.4) is 0 Å². The van der Waals surface area contributed by atoms with E-state index in [9.17, 15) is 18.9 Å². The van der Waals surface area contributed by atoms with Gasteiger partial charge in [0.15, 0.2) is 0 Å². The van der Waals surface area contributed by atoms with Crippen LogP contribution in [-0.4, -0.2) is 35.5 Å². The molecule has 20 heavy (non-hydrogen) atoms. The SMILES string of the molecule is CC(CNc1cc(F)cc(F)c1[N+](=O)[O-])N1CCCC1. The quantitative estimate of drug-likeness (QED) is 0.667. The molecule has 110 valence electrons. The molecule has 0 aliphatic carbocycles. The van der Waals surface area contributed by atoms with Gasteiger partial charge in [-0.3, -0.25) is 15.0 Å². The highest BCUT2D eigenvalue weighted by molar-refractivity contribution is 5.62. The van der Waals surface area contributed by atoms with E-state index < -0.39 is 22.2 Å². The van der Waals surface area contributed by atoms with Crippen LogP contribution in [-0.2, 0) is 0 Å². The molecule has 1 fully saturated rings. The van der Waals surface area contributed by atoms with Crippen LogP contribution >= 0.6 is 0 Å². The third kappa shape index (κ3) is 3.22. The van der Waals surface area contributed by atoms with E-state index in [4.69, 9.17) is 0 Å². The number of likely N-dealkylation sites (tertiary alicyclic amines) is 1. The Balaban J connectivity index is 2.10. The Morgan fingerprint density at radius 1 is 1.40 bits per heavy atom. The van der Waals surface area contributed by atoms with Gasteiger partial charge < -0.3 is 5.32 Å². The molecule has 5 nitrogen and oxygen atoms in total. The minimum Gasteiger partial charge on any atom is -0.378 e. The lowest BCUT2D eigenvalue weighted by Gasteiger charge is -2.24. The van der Waals surface area contributed by atoms with Crippen molar-refractivity contribution in [3.8, 4) is 0 Å². The van der Waals surface area contributed by atoms with Gasteiger partial charge in [-0.1, -0.05) is 0 Å². The van der Waals surface area contributed by atoms with Gasteiger partial charge in [-0.2, -0.15) is 4.39 Å². The Kier molecular flexibility index (Phi) is 4.49. The van der Waals surface area contributed by atoms with E-state index in [2.05, 4.69) is 10.2 Å². The van der Waals surface area contributed by atoms with Crippen molar-refractivity contribution in [2.24, 2.45) is 0 Å². The molecule has 0 amide bonds. The lowest BCUT2D eigenvalue weighted by atomic mass is 10.2. The largest absolute Gasteiger partial charge is 0.378 e. The molecule has 1 aromatic carbocycles. The number of benzene rings is 1. The first-order valence-corrected chi connectivity index (χ1v) is 6.60. The number of rotatable bonds is 5. The zero-order chi connectivity index (χ0) is 14.7. The predicted molar refractivity (Wildman–Crippen MR) is 71.8 cm³/mol. The minimum atomic E-state index is -1.16. The van der Waals surface area contributed by atoms with Crippen molar-refractivity contribution in [1.29, 1.82) is 0 Å². The molecule has 0 spiro atoms. The molecule has 0 aromatic heterocycles. The van der Waals surface area contributed by atoms with Crippen molar-refractivity contribution in [3.63, 3.8) is 0 Å². The third-order valence-corrected chi connectivity index (χ3v) is 3.56. The normalized spacial score (nSPS) is 17.1. The molecule has 1 aliphatic heterocycles. The highest BCUT2D eigenvalue weighted by atomic mass is 19.1. The fraction of sp³-hybridized carbons (Fsp3) is 0.538. The molecular formula is C13H17F2N3O2. The van der Waals surface area contributed by atoms with Crippen molar-refractivity contribution < 1.29 is 13.7 Å². The van der Waals surface area contributed by atoms with Gasteiger partial charge in [0, 0.05) is 24.7 Å². The van der Waals surface area contributed by atoms with E-state index in [1.165, 1.54) is 0 Å². The summed E-state index contributed by atoms with van der Waals surface area (Å²) in [6.45, 7) is 4.37. The summed E-state index contributed by atoms with van der Waals surface area (Å²) in [4.78, 5) is 12.3. The van der Waals surface area contributed by atoms with Gasteiger partial charge in [-0.25, -0.2) is 4.39 Å². The van der Waals surface area contributed by atoms with Crippen molar-refractivity contribution in [2.75, 3.05) is 25.0 Å². The Morgan fingerprint density at radius 2 is 2.05 bits per heavy atom. The van der Waals surface area contributed by atoms with Crippen LogP contribution in [0.4, 0.5) is 20.2 Å². The standard InChI is InChI=1S/C13H17F2N3O2/c1-9(17-4-2-3-5-17)8-16-12-7-10(14)6-11(15)13(12)18(19)20/h6-7,9,16H,2-5,8H2,1H3. The van der Waals surface area contributed by atoms with Crippen molar-refractivity contribution in [3.05, 3.63) is 33.9 Å². The van der Waals surface area contributed by atoms with Crippen LogP contribution in [0, 0.1) is 21.7 Å². The molecule has 0 saturated carbocycles. The van der Waals surface area contributed by atoms with E-state index in [1.807, 2.05) is 6.92 Å². The molecule has 1 heterocycles. The average Bonchev–Trinajstić information content (AvgIpc) is 2.88. The van der Waals surface area contributed by atoms with Gasteiger partial charge >= 0.3 is 5.69 Å². The molecule has 1 saturated heterocycles. The summed E-state index contributed by atoms with van der Waals surface area (Å²) in [7, 11) is 0. The maximum Gasteiger partial charge on any atom is 0.327 e. The zero-order valence-electron chi connectivity index (χ0n) is 11.2. The molecule has 1 atom stereocenters. The van der Waals surface area contributed by atoms with Gasteiger partial charge in [-0.05, 0) is 32.9 Å². The summed E-state index contributed by atoms with van der Waals surface area (Å²) >= 11 is 0. The molecule has 1 aromatic rings. The smallest absolute Gasteiger partial charge is 0.327 e. The van der Waals surface area contributed by atoms with Gasteiger partial charge in [0.1, 0.15) is 11.5 Å². The van der Waals surface area contributed by atoms with Gasteiger partial charge in [-0.15, -0.1) is 0 Å². The van der Waals surface area contributed by atoms with Crippen LogP contribution in [0.15, 0.2) is 12.1 Å². The molecule has 0 bridgehead atoms. The molecule has 2 rings (SSSR count). The number of hydrogen-bond donors (Lipinski definition) is 1. The maximum absolute atomic E-state index is 13.5. The van der Waals surface area contributed by atoms with Gasteiger partial charge in [0.2, 0.25) is 5.82 Å². The first-order chi connectivity index (χ1) is 9.49. The van der Waals surface area contributed by atoms with Crippen LogP contribution in [0.2, 0.25) is 0 Å². The molecule has 1 N–H and O–H groups in total. The second-order valence-electron chi connectivity index (χ2n) is 5.01. The zero-order valence-corrected chi connectivity index (χ0v) is 11.2. The van der Waals surface area contributed by atoms with Crippen LogP contribution in [0.25, 0.3) is 0 Å². The third-order valence-electron chi connectivity index (χ3n) is 3.56. The van der Waals surface area contributed by atoms with Gasteiger partial charge in [0.05, 0.1) is 4.92 Å². The van der Waals surface area contributed by atoms with Crippen LogP contribution < -0.4 is 5.32 Å². The number of nitrogens with zero attached hydrogens (tertiary/aromatic N) is 2. The number of nitrogens with one attached hydrogen (secondary N) is 1. The number of hydrogen-bond acceptors (Lipinski definition) is 4. The Morgan fingerprint density at radius 3 is 2.65 bits per heavy atom. The van der Waals surface area contributed by atoms with Crippen LogP contribution in [0.1, 0.15) is 19.8 Å². The maximum atomic E-state index is 13.5. The fourth-order valence-corrected chi connectivity index (χ4v) is 2.46. The first-order valence-electron chi connectivity index (χ1n) is 6.60. The van der Waals surface area contributed by atoms with E-state index in [1.54, 1.807) is 0 Å². The second kappa shape index (κ2) is 6.13. The number of nitro benzene ring substituents is 1. The van der Waals surface area contributed by atoms with E-state index >= 15 is 0 Å². The number of nitro groups is 1. The highest BCUT2D eigenvalue weighted by Gasteiger charge is 2.23. The van der Waals surface area contributed by atoms with E-state index in [0.717, 1.165) is 32.0 Å². The Labute approximate surface area is 115 Å². The lowest BCUT2D eigenvalue weighted by Crippen LogP contribution is -2.35. The minimum absolute atomic E-state index is 0.112. The molecule has 0 radical (unpaired) electrons. The summed E-state index contributed by atoms with van der Waals surface area (Å²) in [5.74, 6) is -1.99. The van der Waals surface area contributed by atoms with Crippen molar-refractivity contribution in [1.82, 2.24) is 4.90 Å². The second-order valence-corrected chi connectivity index (χ2v) is 5.01. The molecular weight excluding hydrogens is 268 g/mol.